The molecule has 3 rings (SSSR count). The van der Waals surface area contributed by atoms with Crippen molar-refractivity contribution < 1.29 is 9.53 Å². The van der Waals surface area contributed by atoms with Gasteiger partial charge in [0.25, 0.3) is 5.91 Å². The van der Waals surface area contributed by atoms with E-state index in [1.165, 1.54) is 17.5 Å². The van der Waals surface area contributed by atoms with E-state index in [4.69, 9.17) is 16.2 Å². The van der Waals surface area contributed by atoms with Crippen LogP contribution in [0, 0.1) is 0 Å². The molecule has 0 saturated carbocycles. The Hall–Kier alpha value is -2.49. The number of anilines is 1. The number of benzene rings is 2. The third-order valence-corrected chi connectivity index (χ3v) is 3.83. The van der Waals surface area contributed by atoms with Gasteiger partial charge in [0.1, 0.15) is 12.4 Å². The van der Waals surface area contributed by atoms with Gasteiger partial charge in [0.15, 0.2) is 0 Å². The number of carbonyl (C=O) groups excluding carboxylic acids is 1. The van der Waals surface area contributed by atoms with Gasteiger partial charge in [-0.3, -0.25) is 4.79 Å². The molecule has 2 aromatic rings. The third-order valence-electron chi connectivity index (χ3n) is 3.83. The molecule has 0 fully saturated rings. The van der Waals surface area contributed by atoms with Crippen LogP contribution >= 0.6 is 0 Å². The number of ether oxygens (including phenoxy) is 1. The SMILES string of the molecule is NC(=O)c1ccc(N)cc1OCc1ccc2c(c1)CCC2. The van der Waals surface area contributed by atoms with E-state index in [9.17, 15) is 4.79 Å². The summed E-state index contributed by atoms with van der Waals surface area (Å²) in [6.45, 7) is 0.400. The standard InChI is InChI=1S/C17H18N2O2/c18-14-6-7-15(17(19)20)16(9-14)21-10-11-4-5-12-2-1-3-13(12)8-11/h4-9H,1-3,10,18H2,(H2,19,20). The highest BCUT2D eigenvalue weighted by atomic mass is 16.5. The van der Waals surface area contributed by atoms with Gasteiger partial charge in [-0.2, -0.15) is 0 Å². The van der Waals surface area contributed by atoms with E-state index < -0.39 is 5.91 Å². The molecule has 1 amide bonds. The van der Waals surface area contributed by atoms with Crippen LogP contribution in [0.1, 0.15) is 33.5 Å². The maximum atomic E-state index is 11.4. The summed E-state index contributed by atoms with van der Waals surface area (Å²) in [6, 6.07) is 11.3. The minimum atomic E-state index is -0.515. The number of amides is 1. The zero-order valence-electron chi connectivity index (χ0n) is 11.8. The Bertz CT molecular complexity index is 695. The molecule has 0 bridgehead atoms. The Morgan fingerprint density at radius 2 is 1.90 bits per heavy atom. The largest absolute Gasteiger partial charge is 0.488 e. The fourth-order valence-electron chi connectivity index (χ4n) is 2.74. The van der Waals surface area contributed by atoms with Gasteiger partial charge >= 0.3 is 0 Å². The smallest absolute Gasteiger partial charge is 0.252 e. The quantitative estimate of drug-likeness (QED) is 0.845. The lowest BCUT2D eigenvalue weighted by molar-refractivity contribution is 0.0996. The molecule has 0 aromatic heterocycles. The van der Waals surface area contributed by atoms with Crippen molar-refractivity contribution in [1.29, 1.82) is 0 Å². The Kier molecular flexibility index (Phi) is 3.52. The number of nitrogens with two attached hydrogens (primary N) is 2. The van der Waals surface area contributed by atoms with Crippen LogP contribution in [0.4, 0.5) is 5.69 Å². The van der Waals surface area contributed by atoms with Crippen molar-refractivity contribution in [1.82, 2.24) is 0 Å². The normalized spacial score (nSPS) is 13.0. The van der Waals surface area contributed by atoms with Crippen LogP contribution < -0.4 is 16.2 Å². The molecule has 0 spiro atoms. The molecule has 0 atom stereocenters. The first-order valence-corrected chi connectivity index (χ1v) is 7.06. The van der Waals surface area contributed by atoms with E-state index in [1.807, 2.05) is 0 Å². The number of hydrogen-bond acceptors (Lipinski definition) is 3. The van der Waals surface area contributed by atoms with E-state index in [0.29, 0.717) is 23.6 Å². The fraction of sp³-hybridized carbons (Fsp3) is 0.235. The van der Waals surface area contributed by atoms with Gasteiger partial charge in [-0.25, -0.2) is 0 Å². The van der Waals surface area contributed by atoms with Gasteiger partial charge < -0.3 is 16.2 Å². The van der Waals surface area contributed by atoms with E-state index in [-0.39, 0.29) is 0 Å². The number of fused-ring (bicyclic) bond motifs is 1. The second kappa shape index (κ2) is 5.48. The topological polar surface area (TPSA) is 78.3 Å². The molecule has 0 unspecified atom stereocenters. The lowest BCUT2D eigenvalue weighted by Gasteiger charge is -2.11. The van der Waals surface area contributed by atoms with Crippen LogP contribution in [0.3, 0.4) is 0 Å². The maximum absolute atomic E-state index is 11.4. The second-order valence-electron chi connectivity index (χ2n) is 5.37. The van der Waals surface area contributed by atoms with E-state index in [2.05, 4.69) is 18.2 Å². The van der Waals surface area contributed by atoms with Gasteiger partial charge in [-0.15, -0.1) is 0 Å². The van der Waals surface area contributed by atoms with Crippen molar-refractivity contribution >= 4 is 11.6 Å². The number of rotatable bonds is 4. The Balaban J connectivity index is 1.78. The van der Waals surface area contributed by atoms with Gasteiger partial charge in [-0.1, -0.05) is 18.2 Å². The van der Waals surface area contributed by atoms with Gasteiger partial charge in [0.2, 0.25) is 0 Å². The summed E-state index contributed by atoms with van der Waals surface area (Å²) in [5.74, 6) is -0.0815. The van der Waals surface area contributed by atoms with Gasteiger partial charge in [-0.05, 0) is 48.1 Å². The van der Waals surface area contributed by atoms with Crippen LogP contribution in [0.2, 0.25) is 0 Å². The first kappa shape index (κ1) is 13.5. The number of carbonyl (C=O) groups is 1. The first-order valence-electron chi connectivity index (χ1n) is 7.06. The molecule has 21 heavy (non-hydrogen) atoms. The minimum Gasteiger partial charge on any atom is -0.488 e. The van der Waals surface area contributed by atoms with Crippen molar-refractivity contribution in [2.45, 2.75) is 25.9 Å². The van der Waals surface area contributed by atoms with Gasteiger partial charge in [0.05, 0.1) is 5.56 Å². The van der Waals surface area contributed by atoms with Crippen LogP contribution in [0.25, 0.3) is 0 Å². The minimum absolute atomic E-state index is 0.352. The van der Waals surface area contributed by atoms with Gasteiger partial charge in [0, 0.05) is 11.8 Å². The van der Waals surface area contributed by atoms with Crippen molar-refractivity contribution in [2.24, 2.45) is 5.73 Å². The highest BCUT2D eigenvalue weighted by Crippen LogP contribution is 2.25. The van der Waals surface area contributed by atoms with Crippen LogP contribution in [0.5, 0.6) is 5.75 Å². The average molecular weight is 282 g/mol. The molecule has 108 valence electrons. The number of hydrogen-bond donors (Lipinski definition) is 2. The summed E-state index contributed by atoms with van der Waals surface area (Å²) in [5, 5.41) is 0. The highest BCUT2D eigenvalue weighted by Gasteiger charge is 2.13. The van der Waals surface area contributed by atoms with E-state index in [0.717, 1.165) is 18.4 Å². The average Bonchev–Trinajstić information content (AvgIpc) is 2.92. The monoisotopic (exact) mass is 282 g/mol. The van der Waals surface area contributed by atoms with E-state index in [1.54, 1.807) is 18.2 Å². The zero-order valence-corrected chi connectivity index (χ0v) is 11.8. The summed E-state index contributed by atoms with van der Waals surface area (Å²) >= 11 is 0. The maximum Gasteiger partial charge on any atom is 0.252 e. The molecule has 4 N–H and O–H groups in total. The Labute approximate surface area is 123 Å². The van der Waals surface area contributed by atoms with Crippen molar-refractivity contribution in [3.8, 4) is 5.75 Å². The molecule has 1 aliphatic carbocycles. The zero-order chi connectivity index (χ0) is 14.8. The molecule has 4 heteroatoms. The van der Waals surface area contributed by atoms with Crippen LogP contribution in [-0.2, 0) is 19.4 Å². The van der Waals surface area contributed by atoms with Crippen molar-refractivity contribution in [3.63, 3.8) is 0 Å². The summed E-state index contributed by atoms with van der Waals surface area (Å²) in [6.07, 6.45) is 3.52. The number of nitrogen functional groups attached to an aromatic ring is 1. The fourth-order valence-corrected chi connectivity index (χ4v) is 2.74. The summed E-state index contributed by atoms with van der Waals surface area (Å²) in [5.41, 5.74) is 15.9. The molecule has 0 heterocycles. The second-order valence-corrected chi connectivity index (χ2v) is 5.37. The molecular weight excluding hydrogens is 264 g/mol. The molecule has 1 aliphatic rings. The molecule has 0 saturated heterocycles. The summed E-state index contributed by atoms with van der Waals surface area (Å²) in [7, 11) is 0. The first-order chi connectivity index (χ1) is 10.1. The number of primary amides is 1. The van der Waals surface area contributed by atoms with Crippen molar-refractivity contribution in [2.75, 3.05) is 5.73 Å². The molecule has 0 radical (unpaired) electrons. The van der Waals surface area contributed by atoms with E-state index >= 15 is 0 Å². The van der Waals surface area contributed by atoms with Crippen molar-refractivity contribution in [3.05, 3.63) is 58.7 Å². The molecule has 0 aliphatic heterocycles. The summed E-state index contributed by atoms with van der Waals surface area (Å²) in [4.78, 5) is 11.4. The predicted octanol–water partition coefficient (Wildman–Crippen LogP) is 2.44. The number of aryl methyl sites for hydroxylation is 2. The Morgan fingerprint density at radius 1 is 1.10 bits per heavy atom. The van der Waals surface area contributed by atoms with Crippen LogP contribution in [0.15, 0.2) is 36.4 Å². The predicted molar refractivity (Wildman–Crippen MR) is 82.2 cm³/mol. The summed E-state index contributed by atoms with van der Waals surface area (Å²) < 4.78 is 5.74. The molecule has 4 nitrogen and oxygen atoms in total. The Morgan fingerprint density at radius 3 is 2.71 bits per heavy atom. The molecular formula is C17H18N2O2. The lowest BCUT2D eigenvalue weighted by atomic mass is 10.1. The molecule has 2 aromatic carbocycles. The lowest BCUT2D eigenvalue weighted by Crippen LogP contribution is -2.13. The van der Waals surface area contributed by atoms with Crippen LogP contribution in [-0.4, -0.2) is 5.91 Å². The third kappa shape index (κ3) is 2.84. The highest BCUT2D eigenvalue weighted by molar-refractivity contribution is 5.96.